The van der Waals surface area contributed by atoms with Crippen molar-refractivity contribution in [3.63, 3.8) is 0 Å². The Morgan fingerprint density at radius 3 is 3.10 bits per heavy atom. The highest BCUT2D eigenvalue weighted by Crippen LogP contribution is 2.20. The van der Waals surface area contributed by atoms with Gasteiger partial charge in [0.25, 0.3) is 0 Å². The lowest BCUT2D eigenvalue weighted by atomic mass is 10.2. The molecule has 0 aliphatic rings. The quantitative estimate of drug-likeness (QED) is 0.606. The van der Waals surface area contributed by atoms with Crippen molar-refractivity contribution in [2.24, 2.45) is 7.05 Å². The van der Waals surface area contributed by atoms with Gasteiger partial charge in [0.15, 0.2) is 0 Å². The Morgan fingerprint density at radius 2 is 2.43 bits per heavy atom. The molecule has 0 saturated carbocycles. The zero-order chi connectivity index (χ0) is 15.1. The van der Waals surface area contributed by atoms with Crippen LogP contribution in [-0.4, -0.2) is 33.1 Å². The topological polar surface area (TPSA) is 71.8 Å². The van der Waals surface area contributed by atoms with E-state index in [0.717, 1.165) is 22.1 Å². The Labute approximate surface area is 132 Å². The predicted molar refractivity (Wildman–Crippen MR) is 85.6 cm³/mol. The molecule has 2 amide bonds. The minimum absolute atomic E-state index is 0.0524. The SMILES string of the molecule is C[C@@H](NC(=O)NCCCSc1nccs1)c1cnn(C)c1. The van der Waals surface area contributed by atoms with Gasteiger partial charge in [0.2, 0.25) is 0 Å². The van der Waals surface area contributed by atoms with E-state index in [9.17, 15) is 4.79 Å². The van der Waals surface area contributed by atoms with Crippen molar-refractivity contribution in [1.29, 1.82) is 0 Å². The standard InChI is InChI=1S/C13H19N5OS2/c1-10(11-8-16-18(2)9-11)17-12(19)14-4-3-6-20-13-15-5-7-21-13/h5,7-10H,3-4,6H2,1-2H3,(H2,14,17,19)/t10-/m1/s1. The lowest BCUT2D eigenvalue weighted by Crippen LogP contribution is -2.37. The molecule has 8 heteroatoms. The Hall–Kier alpha value is -1.54. The fraction of sp³-hybridized carbons (Fsp3) is 0.462. The summed E-state index contributed by atoms with van der Waals surface area (Å²) in [5, 5.41) is 11.8. The number of hydrogen-bond acceptors (Lipinski definition) is 5. The summed E-state index contributed by atoms with van der Waals surface area (Å²) >= 11 is 3.36. The number of nitrogens with zero attached hydrogens (tertiary/aromatic N) is 3. The van der Waals surface area contributed by atoms with Crippen LogP contribution in [0.3, 0.4) is 0 Å². The monoisotopic (exact) mass is 325 g/mol. The third kappa shape index (κ3) is 5.39. The Kier molecular flexibility index (Phi) is 6.06. The van der Waals surface area contributed by atoms with Crippen molar-refractivity contribution in [2.75, 3.05) is 12.3 Å². The number of rotatable bonds is 7. The molecule has 0 aliphatic carbocycles. The average Bonchev–Trinajstić information content (AvgIpc) is 3.09. The van der Waals surface area contributed by atoms with Crippen LogP contribution in [0.2, 0.25) is 0 Å². The first kappa shape index (κ1) is 15.8. The van der Waals surface area contributed by atoms with Crippen LogP contribution in [0.25, 0.3) is 0 Å². The van der Waals surface area contributed by atoms with Crippen LogP contribution in [0.5, 0.6) is 0 Å². The lowest BCUT2D eigenvalue weighted by Gasteiger charge is -2.12. The molecule has 0 fully saturated rings. The Balaban J connectivity index is 1.59. The lowest BCUT2D eigenvalue weighted by molar-refractivity contribution is 0.238. The molecule has 0 radical (unpaired) electrons. The largest absolute Gasteiger partial charge is 0.338 e. The number of aryl methyl sites for hydroxylation is 1. The Bertz CT molecular complexity index is 555. The van der Waals surface area contributed by atoms with Gasteiger partial charge in [-0.15, -0.1) is 11.3 Å². The first-order valence-corrected chi connectivity index (χ1v) is 8.57. The Morgan fingerprint density at radius 1 is 1.57 bits per heavy atom. The highest BCUT2D eigenvalue weighted by Gasteiger charge is 2.10. The van der Waals surface area contributed by atoms with Gasteiger partial charge in [0, 0.05) is 42.7 Å². The summed E-state index contributed by atoms with van der Waals surface area (Å²) < 4.78 is 2.80. The van der Waals surface area contributed by atoms with E-state index < -0.39 is 0 Å². The van der Waals surface area contributed by atoms with Crippen molar-refractivity contribution in [3.8, 4) is 0 Å². The zero-order valence-electron chi connectivity index (χ0n) is 12.1. The summed E-state index contributed by atoms with van der Waals surface area (Å²) in [5.41, 5.74) is 0.993. The third-order valence-electron chi connectivity index (χ3n) is 2.81. The van der Waals surface area contributed by atoms with E-state index >= 15 is 0 Å². The van der Waals surface area contributed by atoms with E-state index in [1.807, 2.05) is 25.5 Å². The molecule has 0 unspecified atom stereocenters. The minimum atomic E-state index is -0.148. The molecule has 21 heavy (non-hydrogen) atoms. The zero-order valence-corrected chi connectivity index (χ0v) is 13.7. The molecular formula is C13H19N5OS2. The first-order chi connectivity index (χ1) is 10.1. The molecule has 0 saturated heterocycles. The van der Waals surface area contributed by atoms with Crippen LogP contribution < -0.4 is 10.6 Å². The van der Waals surface area contributed by atoms with Gasteiger partial charge in [-0.1, -0.05) is 11.8 Å². The maximum Gasteiger partial charge on any atom is 0.315 e. The molecule has 0 bridgehead atoms. The van der Waals surface area contributed by atoms with E-state index in [1.165, 1.54) is 0 Å². The van der Waals surface area contributed by atoms with Crippen molar-refractivity contribution >= 4 is 29.1 Å². The summed E-state index contributed by atoms with van der Waals surface area (Å²) in [6.45, 7) is 2.60. The third-order valence-corrected chi connectivity index (χ3v) is 4.87. The van der Waals surface area contributed by atoms with Crippen molar-refractivity contribution < 1.29 is 4.79 Å². The molecular weight excluding hydrogens is 306 g/mol. The molecule has 0 aromatic carbocycles. The average molecular weight is 325 g/mol. The summed E-state index contributed by atoms with van der Waals surface area (Å²) in [7, 11) is 1.86. The van der Waals surface area contributed by atoms with Crippen LogP contribution in [0.4, 0.5) is 4.79 Å². The number of carbonyl (C=O) groups is 1. The van der Waals surface area contributed by atoms with Crippen LogP contribution in [0.15, 0.2) is 28.3 Å². The van der Waals surface area contributed by atoms with Crippen LogP contribution in [-0.2, 0) is 7.05 Å². The molecule has 0 aliphatic heterocycles. The maximum atomic E-state index is 11.8. The van der Waals surface area contributed by atoms with E-state index in [1.54, 1.807) is 40.2 Å². The molecule has 2 N–H and O–H groups in total. The maximum absolute atomic E-state index is 11.8. The number of amides is 2. The second-order valence-corrected chi connectivity index (χ2v) is 6.81. The number of carbonyl (C=O) groups excluding carboxylic acids is 1. The predicted octanol–water partition coefficient (Wildman–Crippen LogP) is 2.42. The van der Waals surface area contributed by atoms with Crippen LogP contribution >= 0.6 is 23.1 Å². The number of aromatic nitrogens is 3. The van der Waals surface area contributed by atoms with Gasteiger partial charge in [0.05, 0.1) is 12.2 Å². The molecule has 1 atom stereocenters. The van der Waals surface area contributed by atoms with Gasteiger partial charge < -0.3 is 10.6 Å². The fourth-order valence-corrected chi connectivity index (χ4v) is 3.36. The van der Waals surface area contributed by atoms with Gasteiger partial charge in [-0.2, -0.15) is 5.10 Å². The molecule has 0 spiro atoms. The van der Waals surface area contributed by atoms with E-state index in [4.69, 9.17) is 0 Å². The smallest absolute Gasteiger partial charge is 0.315 e. The summed E-state index contributed by atoms with van der Waals surface area (Å²) in [6, 6.07) is -0.200. The number of hydrogen-bond donors (Lipinski definition) is 2. The van der Waals surface area contributed by atoms with E-state index in [-0.39, 0.29) is 12.1 Å². The summed E-state index contributed by atoms with van der Waals surface area (Å²) in [4.78, 5) is 16.0. The minimum Gasteiger partial charge on any atom is -0.338 e. The van der Waals surface area contributed by atoms with Gasteiger partial charge in [-0.25, -0.2) is 9.78 Å². The van der Waals surface area contributed by atoms with Gasteiger partial charge in [0.1, 0.15) is 4.34 Å². The second kappa shape index (κ2) is 8.04. The highest BCUT2D eigenvalue weighted by atomic mass is 32.2. The van der Waals surface area contributed by atoms with Gasteiger partial charge in [-0.3, -0.25) is 4.68 Å². The second-order valence-electron chi connectivity index (χ2n) is 4.57. The van der Waals surface area contributed by atoms with Gasteiger partial charge in [-0.05, 0) is 13.3 Å². The van der Waals surface area contributed by atoms with E-state index in [0.29, 0.717) is 6.54 Å². The molecule has 114 valence electrons. The highest BCUT2D eigenvalue weighted by molar-refractivity contribution is 8.00. The molecule has 2 aromatic heterocycles. The number of urea groups is 1. The number of thiazole rings is 1. The normalized spacial score (nSPS) is 12.1. The molecule has 6 nitrogen and oxygen atoms in total. The van der Waals surface area contributed by atoms with Gasteiger partial charge >= 0.3 is 6.03 Å². The van der Waals surface area contributed by atoms with Crippen molar-refractivity contribution in [3.05, 3.63) is 29.5 Å². The molecule has 2 rings (SSSR count). The number of thioether (sulfide) groups is 1. The number of nitrogens with one attached hydrogen (secondary N) is 2. The molecule has 2 heterocycles. The van der Waals surface area contributed by atoms with Crippen LogP contribution in [0, 0.1) is 0 Å². The molecule has 2 aromatic rings. The van der Waals surface area contributed by atoms with E-state index in [2.05, 4.69) is 20.7 Å². The van der Waals surface area contributed by atoms with Crippen molar-refractivity contribution in [1.82, 2.24) is 25.4 Å². The fourth-order valence-electron chi connectivity index (χ4n) is 1.71. The van der Waals surface area contributed by atoms with Crippen LogP contribution in [0.1, 0.15) is 24.9 Å². The summed E-state index contributed by atoms with van der Waals surface area (Å²) in [6.07, 6.45) is 6.38. The first-order valence-electron chi connectivity index (χ1n) is 6.70. The van der Waals surface area contributed by atoms with Crippen molar-refractivity contribution in [2.45, 2.75) is 23.7 Å². The summed E-state index contributed by atoms with van der Waals surface area (Å²) in [5.74, 6) is 0.950.